The Hall–Kier alpha value is -1.62. The molecule has 0 aliphatic heterocycles. The molecule has 1 aliphatic rings. The first-order valence-electron chi connectivity index (χ1n) is 4.03. The molecule has 5 heteroatoms. The Morgan fingerprint density at radius 3 is 2.73 bits per heavy atom. The average molecular weight is 235 g/mol. The number of ketones is 1. The topological polar surface area (TPSA) is 64.7 Å². The Morgan fingerprint density at radius 2 is 2.13 bits per heavy atom. The van der Waals surface area contributed by atoms with Crippen LogP contribution in [0.2, 0.25) is 4.34 Å². The summed E-state index contributed by atoms with van der Waals surface area (Å²) in [7, 11) is 0. The summed E-state index contributed by atoms with van der Waals surface area (Å²) in [5, 5.41) is 17.5. The number of hydrogen-bond acceptors (Lipinski definition) is 4. The number of carbonyl (C=O) groups excluding carboxylic acids is 1. The molecule has 0 atom stereocenters. The van der Waals surface area contributed by atoms with Crippen molar-refractivity contribution in [2.24, 2.45) is 0 Å². The molecule has 0 spiro atoms. The van der Waals surface area contributed by atoms with Crippen LogP contribution in [0.5, 0.6) is 0 Å². The molecule has 0 unspecified atom stereocenters. The molecule has 2 rings (SSSR count). The standard InChI is InChI=1S/C10H3ClN2OS/c11-9-2-7-8(14)1-6(10(7)15-9)5(3-12)4-13/h2H,1H2. The van der Waals surface area contributed by atoms with E-state index in [1.807, 2.05) is 0 Å². The van der Waals surface area contributed by atoms with Gasteiger partial charge in [0.05, 0.1) is 4.34 Å². The van der Waals surface area contributed by atoms with Gasteiger partial charge in [0, 0.05) is 22.4 Å². The molecule has 72 valence electrons. The fourth-order valence-corrected chi connectivity index (χ4v) is 2.78. The highest BCUT2D eigenvalue weighted by atomic mass is 35.5. The van der Waals surface area contributed by atoms with Gasteiger partial charge in [-0.15, -0.1) is 11.3 Å². The maximum Gasteiger partial charge on any atom is 0.168 e. The molecule has 0 fully saturated rings. The van der Waals surface area contributed by atoms with Crippen LogP contribution in [-0.4, -0.2) is 5.78 Å². The van der Waals surface area contributed by atoms with Gasteiger partial charge in [-0.1, -0.05) is 11.6 Å². The second-order valence-electron chi connectivity index (χ2n) is 2.97. The maximum atomic E-state index is 11.5. The third-order valence-corrected chi connectivity index (χ3v) is 3.46. The lowest BCUT2D eigenvalue weighted by Crippen LogP contribution is -1.88. The zero-order valence-corrected chi connectivity index (χ0v) is 8.95. The molecular weight excluding hydrogens is 232 g/mol. The van der Waals surface area contributed by atoms with Crippen LogP contribution in [0.4, 0.5) is 0 Å². The van der Waals surface area contributed by atoms with E-state index in [-0.39, 0.29) is 17.8 Å². The number of rotatable bonds is 0. The molecule has 0 saturated heterocycles. The third kappa shape index (κ3) is 1.45. The summed E-state index contributed by atoms with van der Waals surface area (Å²) in [6.07, 6.45) is 0.134. The van der Waals surface area contributed by atoms with Crippen molar-refractivity contribution >= 4 is 34.3 Å². The van der Waals surface area contributed by atoms with Crippen LogP contribution < -0.4 is 0 Å². The summed E-state index contributed by atoms with van der Waals surface area (Å²) in [4.78, 5) is 12.2. The zero-order chi connectivity index (χ0) is 11.0. The van der Waals surface area contributed by atoms with Crippen molar-refractivity contribution in [1.29, 1.82) is 10.5 Å². The van der Waals surface area contributed by atoms with Gasteiger partial charge < -0.3 is 0 Å². The van der Waals surface area contributed by atoms with E-state index >= 15 is 0 Å². The van der Waals surface area contributed by atoms with Crippen molar-refractivity contribution in [2.75, 3.05) is 0 Å². The summed E-state index contributed by atoms with van der Waals surface area (Å²) in [5.41, 5.74) is 1.04. The molecule has 1 aromatic rings. The number of Topliss-reactive ketones (excluding diaryl/α,β-unsaturated/α-hetero) is 1. The minimum atomic E-state index is -0.0776. The van der Waals surface area contributed by atoms with E-state index in [1.165, 1.54) is 11.3 Å². The summed E-state index contributed by atoms with van der Waals surface area (Å²) in [6, 6.07) is 5.18. The van der Waals surface area contributed by atoms with Gasteiger partial charge in [0.25, 0.3) is 0 Å². The molecule has 15 heavy (non-hydrogen) atoms. The minimum absolute atomic E-state index is 0.000571. The Labute approximate surface area is 94.8 Å². The minimum Gasteiger partial charge on any atom is -0.294 e. The maximum absolute atomic E-state index is 11.5. The van der Waals surface area contributed by atoms with Crippen LogP contribution in [0.3, 0.4) is 0 Å². The van der Waals surface area contributed by atoms with E-state index in [0.29, 0.717) is 20.4 Å². The van der Waals surface area contributed by atoms with Crippen molar-refractivity contribution < 1.29 is 4.79 Å². The van der Waals surface area contributed by atoms with E-state index in [0.717, 1.165) is 0 Å². The van der Waals surface area contributed by atoms with E-state index in [9.17, 15) is 4.79 Å². The van der Waals surface area contributed by atoms with Crippen LogP contribution >= 0.6 is 22.9 Å². The lowest BCUT2D eigenvalue weighted by molar-refractivity contribution is 0.100. The van der Waals surface area contributed by atoms with Crippen molar-refractivity contribution in [3.63, 3.8) is 0 Å². The van der Waals surface area contributed by atoms with Gasteiger partial charge in [-0.05, 0) is 6.07 Å². The van der Waals surface area contributed by atoms with Gasteiger partial charge >= 0.3 is 0 Å². The smallest absolute Gasteiger partial charge is 0.168 e. The summed E-state index contributed by atoms with van der Waals surface area (Å²) < 4.78 is 0.501. The van der Waals surface area contributed by atoms with Crippen LogP contribution in [0, 0.1) is 22.7 Å². The van der Waals surface area contributed by atoms with Crippen LogP contribution in [0.15, 0.2) is 11.6 Å². The van der Waals surface area contributed by atoms with E-state index in [1.54, 1.807) is 18.2 Å². The van der Waals surface area contributed by atoms with E-state index in [2.05, 4.69) is 0 Å². The molecule has 1 aromatic heterocycles. The second-order valence-corrected chi connectivity index (χ2v) is 4.65. The van der Waals surface area contributed by atoms with Gasteiger partial charge in [0.2, 0.25) is 0 Å². The van der Waals surface area contributed by atoms with E-state index in [4.69, 9.17) is 22.1 Å². The van der Waals surface area contributed by atoms with Crippen molar-refractivity contribution in [3.05, 3.63) is 26.4 Å². The number of fused-ring (bicyclic) bond motifs is 1. The van der Waals surface area contributed by atoms with Crippen LogP contribution in [-0.2, 0) is 0 Å². The van der Waals surface area contributed by atoms with Gasteiger partial charge in [0.15, 0.2) is 5.78 Å². The highest BCUT2D eigenvalue weighted by Gasteiger charge is 2.29. The van der Waals surface area contributed by atoms with Crippen LogP contribution in [0.1, 0.15) is 21.7 Å². The predicted octanol–water partition coefficient (Wildman–Crippen LogP) is 2.79. The fourth-order valence-electron chi connectivity index (χ4n) is 1.49. The Bertz CT molecular complexity index is 555. The lowest BCUT2D eigenvalue weighted by Gasteiger charge is -1.93. The van der Waals surface area contributed by atoms with Gasteiger partial charge in [0.1, 0.15) is 17.7 Å². The number of nitrogens with zero attached hydrogens (tertiary/aromatic N) is 2. The lowest BCUT2D eigenvalue weighted by atomic mass is 10.1. The first-order valence-corrected chi connectivity index (χ1v) is 5.23. The number of carbonyl (C=O) groups is 1. The molecule has 3 nitrogen and oxygen atoms in total. The Morgan fingerprint density at radius 1 is 1.47 bits per heavy atom. The zero-order valence-electron chi connectivity index (χ0n) is 7.37. The highest BCUT2D eigenvalue weighted by molar-refractivity contribution is 7.17. The monoisotopic (exact) mass is 234 g/mol. The first-order chi connectivity index (χ1) is 7.17. The molecule has 1 heterocycles. The van der Waals surface area contributed by atoms with Crippen molar-refractivity contribution in [3.8, 4) is 12.1 Å². The van der Waals surface area contributed by atoms with Gasteiger partial charge in [-0.2, -0.15) is 10.5 Å². The largest absolute Gasteiger partial charge is 0.294 e. The number of halogens is 1. The number of thiophene rings is 1. The molecule has 0 aromatic carbocycles. The van der Waals surface area contributed by atoms with Crippen molar-refractivity contribution in [2.45, 2.75) is 6.42 Å². The third-order valence-electron chi connectivity index (χ3n) is 2.14. The molecule has 0 amide bonds. The molecule has 0 saturated carbocycles. The molecule has 0 bridgehead atoms. The molecule has 0 radical (unpaired) electrons. The Balaban J connectivity index is 2.70. The highest BCUT2D eigenvalue weighted by Crippen LogP contribution is 2.41. The average Bonchev–Trinajstić information content (AvgIpc) is 2.70. The number of allylic oxidation sites excluding steroid dienone is 2. The number of hydrogen-bond donors (Lipinski definition) is 0. The molecule has 1 aliphatic carbocycles. The predicted molar refractivity (Wildman–Crippen MR) is 56.4 cm³/mol. The second kappa shape index (κ2) is 3.51. The molecular formula is C10H3ClN2OS. The normalized spacial score (nSPS) is 13.3. The van der Waals surface area contributed by atoms with Crippen molar-refractivity contribution in [1.82, 2.24) is 0 Å². The van der Waals surface area contributed by atoms with Crippen LogP contribution in [0.25, 0.3) is 5.57 Å². The quantitative estimate of drug-likeness (QED) is 0.649. The first kappa shape index (κ1) is 9.92. The fraction of sp³-hybridized carbons (Fsp3) is 0.100. The Kier molecular flexibility index (Phi) is 2.32. The summed E-state index contributed by atoms with van der Waals surface area (Å²) in [6.45, 7) is 0. The van der Waals surface area contributed by atoms with E-state index < -0.39 is 0 Å². The van der Waals surface area contributed by atoms with Gasteiger partial charge in [-0.3, -0.25) is 4.79 Å². The summed E-state index contributed by atoms with van der Waals surface area (Å²) in [5.74, 6) is -0.0776. The van der Waals surface area contributed by atoms with Gasteiger partial charge in [-0.25, -0.2) is 0 Å². The summed E-state index contributed by atoms with van der Waals surface area (Å²) >= 11 is 7.01. The SMILES string of the molecule is N#CC(C#N)=C1CC(=O)c2cc(Cl)sc21. The number of nitriles is 2. The molecule has 0 N–H and O–H groups in total.